The molecular formula is C15H18Cl2N2O3. The predicted octanol–water partition coefficient (Wildman–Crippen LogP) is 2.82. The molecule has 0 bridgehead atoms. The molecule has 0 saturated carbocycles. The summed E-state index contributed by atoms with van der Waals surface area (Å²) in [7, 11) is 1.40. The summed E-state index contributed by atoms with van der Waals surface area (Å²) < 4.78 is 4.75. The largest absolute Gasteiger partial charge is 0.469 e. The highest BCUT2D eigenvalue weighted by atomic mass is 35.5. The first kappa shape index (κ1) is 17.1. The molecule has 1 aromatic carbocycles. The van der Waals surface area contributed by atoms with E-state index in [4.69, 9.17) is 27.9 Å². The molecule has 0 spiro atoms. The summed E-state index contributed by atoms with van der Waals surface area (Å²) in [5, 5.41) is 3.71. The van der Waals surface area contributed by atoms with Crippen molar-refractivity contribution in [3.8, 4) is 0 Å². The molecule has 1 aliphatic rings. The van der Waals surface area contributed by atoms with Gasteiger partial charge in [-0.3, -0.25) is 14.5 Å². The minimum Gasteiger partial charge on any atom is -0.469 e. The minimum atomic E-state index is -0.171. The lowest BCUT2D eigenvalue weighted by Gasteiger charge is -2.30. The lowest BCUT2D eigenvalue weighted by molar-refractivity contribution is -0.147. The smallest absolute Gasteiger partial charge is 0.308 e. The second-order valence-electron chi connectivity index (χ2n) is 5.25. The molecule has 5 nitrogen and oxygen atoms in total. The Kier molecular flexibility index (Phi) is 6.06. The third kappa shape index (κ3) is 4.60. The van der Waals surface area contributed by atoms with Gasteiger partial charge in [-0.05, 0) is 44.1 Å². The summed E-state index contributed by atoms with van der Waals surface area (Å²) in [6, 6.07) is 4.92. The maximum absolute atomic E-state index is 12.1. The van der Waals surface area contributed by atoms with E-state index < -0.39 is 0 Å². The molecule has 0 radical (unpaired) electrons. The van der Waals surface area contributed by atoms with Crippen molar-refractivity contribution in [1.29, 1.82) is 0 Å². The summed E-state index contributed by atoms with van der Waals surface area (Å²) in [6.45, 7) is 1.64. The van der Waals surface area contributed by atoms with Crippen molar-refractivity contribution in [3.05, 3.63) is 28.2 Å². The van der Waals surface area contributed by atoms with Crippen LogP contribution in [0.3, 0.4) is 0 Å². The second kappa shape index (κ2) is 7.81. The Bertz CT molecular complexity index is 558. The van der Waals surface area contributed by atoms with Crippen LogP contribution in [0.2, 0.25) is 10.0 Å². The number of methoxy groups -OCH3 is 1. The molecular weight excluding hydrogens is 327 g/mol. The van der Waals surface area contributed by atoms with Crippen molar-refractivity contribution in [2.75, 3.05) is 32.1 Å². The van der Waals surface area contributed by atoms with E-state index in [2.05, 4.69) is 5.32 Å². The number of nitrogens with zero attached hydrogens (tertiary/aromatic N) is 1. The fraction of sp³-hybridized carbons (Fsp3) is 0.467. The quantitative estimate of drug-likeness (QED) is 0.853. The minimum absolute atomic E-state index is 0.0633. The van der Waals surface area contributed by atoms with Gasteiger partial charge in [0.25, 0.3) is 0 Å². The average Bonchev–Trinajstić information content (AvgIpc) is 2.51. The summed E-state index contributed by atoms with van der Waals surface area (Å²) in [5.74, 6) is -0.387. The molecule has 1 aliphatic heterocycles. The molecule has 1 heterocycles. The van der Waals surface area contributed by atoms with Crippen LogP contribution in [0.15, 0.2) is 18.2 Å². The Morgan fingerprint density at radius 1 is 1.32 bits per heavy atom. The van der Waals surface area contributed by atoms with Gasteiger partial charge in [0.1, 0.15) is 0 Å². The molecule has 1 aromatic rings. The number of nitrogens with one attached hydrogen (secondary N) is 1. The van der Waals surface area contributed by atoms with Crippen LogP contribution in [-0.4, -0.2) is 43.5 Å². The number of rotatable bonds is 4. The molecule has 1 N–H and O–H groups in total. The second-order valence-corrected chi connectivity index (χ2v) is 6.09. The normalized spacial score (nSPS) is 16.3. The van der Waals surface area contributed by atoms with E-state index in [-0.39, 0.29) is 24.3 Å². The standard InChI is InChI=1S/C15H18Cl2N2O3/c1-22-15(21)10-4-6-19(7-5-10)9-14(20)18-13-8-11(16)2-3-12(13)17/h2-3,8,10H,4-7,9H2,1H3,(H,18,20). The van der Waals surface area contributed by atoms with Gasteiger partial charge >= 0.3 is 5.97 Å². The van der Waals surface area contributed by atoms with E-state index in [0.29, 0.717) is 41.7 Å². The fourth-order valence-corrected chi connectivity index (χ4v) is 2.82. The lowest BCUT2D eigenvalue weighted by Crippen LogP contribution is -2.41. The number of carbonyl (C=O) groups excluding carboxylic acids is 2. The summed E-state index contributed by atoms with van der Waals surface area (Å²) in [6.07, 6.45) is 1.41. The van der Waals surface area contributed by atoms with Gasteiger partial charge in [0.15, 0.2) is 0 Å². The highest BCUT2D eigenvalue weighted by Crippen LogP contribution is 2.25. The summed E-state index contributed by atoms with van der Waals surface area (Å²) in [5.41, 5.74) is 0.503. The molecule has 0 atom stereocenters. The van der Waals surface area contributed by atoms with E-state index in [1.54, 1.807) is 18.2 Å². The van der Waals surface area contributed by atoms with Crippen LogP contribution in [0.1, 0.15) is 12.8 Å². The van der Waals surface area contributed by atoms with Crippen molar-refractivity contribution < 1.29 is 14.3 Å². The van der Waals surface area contributed by atoms with Crippen LogP contribution in [0, 0.1) is 5.92 Å². The zero-order valence-electron chi connectivity index (χ0n) is 12.3. The molecule has 0 aliphatic carbocycles. The number of esters is 1. The molecule has 120 valence electrons. The third-order valence-corrected chi connectivity index (χ3v) is 4.26. The number of hydrogen-bond donors (Lipinski definition) is 1. The van der Waals surface area contributed by atoms with Gasteiger partial charge in [-0.15, -0.1) is 0 Å². The number of halogens is 2. The fourth-order valence-electron chi connectivity index (χ4n) is 2.48. The Morgan fingerprint density at radius 3 is 2.64 bits per heavy atom. The number of benzene rings is 1. The van der Waals surface area contributed by atoms with Crippen molar-refractivity contribution >= 4 is 40.8 Å². The number of piperidine rings is 1. The molecule has 1 amide bonds. The molecule has 22 heavy (non-hydrogen) atoms. The first-order chi connectivity index (χ1) is 10.5. The van der Waals surface area contributed by atoms with Gasteiger partial charge in [-0.1, -0.05) is 23.2 Å². The van der Waals surface area contributed by atoms with Crippen molar-refractivity contribution in [2.45, 2.75) is 12.8 Å². The average molecular weight is 345 g/mol. The lowest BCUT2D eigenvalue weighted by atomic mass is 9.97. The number of hydrogen-bond acceptors (Lipinski definition) is 4. The van der Waals surface area contributed by atoms with Gasteiger partial charge in [0.05, 0.1) is 30.3 Å². The molecule has 0 unspecified atom stereocenters. The molecule has 1 fully saturated rings. The summed E-state index contributed by atoms with van der Waals surface area (Å²) in [4.78, 5) is 25.5. The van der Waals surface area contributed by atoms with Crippen molar-refractivity contribution in [1.82, 2.24) is 4.90 Å². The third-order valence-electron chi connectivity index (χ3n) is 3.69. The highest BCUT2D eigenvalue weighted by Gasteiger charge is 2.26. The van der Waals surface area contributed by atoms with Gasteiger partial charge in [0.2, 0.25) is 5.91 Å². The maximum Gasteiger partial charge on any atom is 0.308 e. The number of likely N-dealkylation sites (tertiary alicyclic amines) is 1. The van der Waals surface area contributed by atoms with Crippen molar-refractivity contribution in [3.63, 3.8) is 0 Å². The summed E-state index contributed by atoms with van der Waals surface area (Å²) >= 11 is 11.9. The maximum atomic E-state index is 12.1. The van der Waals surface area contributed by atoms with Gasteiger partial charge in [-0.25, -0.2) is 0 Å². The zero-order valence-corrected chi connectivity index (χ0v) is 13.8. The topological polar surface area (TPSA) is 58.6 Å². The zero-order chi connectivity index (χ0) is 16.1. The number of anilines is 1. The number of ether oxygens (including phenoxy) is 1. The molecule has 7 heteroatoms. The Labute approximate surface area is 139 Å². The van der Waals surface area contributed by atoms with Crippen LogP contribution in [-0.2, 0) is 14.3 Å². The first-order valence-corrected chi connectivity index (χ1v) is 7.80. The molecule has 1 saturated heterocycles. The van der Waals surface area contributed by atoms with E-state index in [0.717, 1.165) is 0 Å². The van der Waals surface area contributed by atoms with E-state index >= 15 is 0 Å². The van der Waals surface area contributed by atoms with E-state index in [1.165, 1.54) is 7.11 Å². The van der Waals surface area contributed by atoms with Gasteiger partial charge in [0, 0.05) is 5.02 Å². The number of carbonyl (C=O) groups is 2. The van der Waals surface area contributed by atoms with Crippen LogP contribution in [0.5, 0.6) is 0 Å². The predicted molar refractivity (Wildman–Crippen MR) is 86.3 cm³/mol. The van der Waals surface area contributed by atoms with Crippen LogP contribution >= 0.6 is 23.2 Å². The highest BCUT2D eigenvalue weighted by molar-refractivity contribution is 6.35. The van der Waals surface area contributed by atoms with Gasteiger partial charge < -0.3 is 10.1 Å². The van der Waals surface area contributed by atoms with E-state index in [9.17, 15) is 9.59 Å². The van der Waals surface area contributed by atoms with Gasteiger partial charge in [-0.2, -0.15) is 0 Å². The van der Waals surface area contributed by atoms with Crippen LogP contribution < -0.4 is 5.32 Å². The monoisotopic (exact) mass is 344 g/mol. The Hall–Kier alpha value is -1.30. The first-order valence-electron chi connectivity index (χ1n) is 7.04. The molecule has 2 rings (SSSR count). The molecule has 0 aromatic heterocycles. The van der Waals surface area contributed by atoms with Crippen LogP contribution in [0.25, 0.3) is 0 Å². The van der Waals surface area contributed by atoms with Crippen LogP contribution in [0.4, 0.5) is 5.69 Å². The number of amides is 1. The Morgan fingerprint density at radius 2 is 2.00 bits per heavy atom. The van der Waals surface area contributed by atoms with E-state index in [1.807, 2.05) is 4.90 Å². The van der Waals surface area contributed by atoms with Crippen molar-refractivity contribution in [2.24, 2.45) is 5.92 Å². The SMILES string of the molecule is COC(=O)C1CCN(CC(=O)Nc2cc(Cl)ccc2Cl)CC1. The Balaban J connectivity index is 1.83.